The Labute approximate surface area is 183 Å². The van der Waals surface area contributed by atoms with E-state index < -0.39 is 5.60 Å². The summed E-state index contributed by atoms with van der Waals surface area (Å²) >= 11 is 0. The second-order valence-corrected chi connectivity index (χ2v) is 8.47. The highest BCUT2D eigenvalue weighted by molar-refractivity contribution is 5.68. The molecule has 1 heterocycles. The summed E-state index contributed by atoms with van der Waals surface area (Å²) in [4.78, 5) is 14.1. The molecule has 1 aliphatic rings. The van der Waals surface area contributed by atoms with Crippen LogP contribution in [0.3, 0.4) is 0 Å². The number of nitriles is 3. The fraction of sp³-hybridized carbons (Fsp3) is 0.478. The van der Waals surface area contributed by atoms with Crippen LogP contribution in [0.2, 0.25) is 0 Å². The van der Waals surface area contributed by atoms with E-state index in [0.717, 1.165) is 31.5 Å². The van der Waals surface area contributed by atoms with E-state index in [9.17, 15) is 4.79 Å². The Morgan fingerprint density at radius 3 is 2.42 bits per heavy atom. The number of rotatable bonds is 6. The van der Waals surface area contributed by atoms with Crippen LogP contribution in [0.5, 0.6) is 0 Å². The van der Waals surface area contributed by atoms with Gasteiger partial charge in [-0.2, -0.15) is 15.8 Å². The molecule has 0 bridgehead atoms. The van der Waals surface area contributed by atoms with Gasteiger partial charge in [0.05, 0.1) is 0 Å². The third-order valence-corrected chi connectivity index (χ3v) is 4.74. The predicted molar refractivity (Wildman–Crippen MR) is 116 cm³/mol. The van der Waals surface area contributed by atoms with Crippen molar-refractivity contribution in [1.29, 1.82) is 15.8 Å². The summed E-state index contributed by atoms with van der Waals surface area (Å²) in [6.45, 7) is 8.51. The minimum Gasteiger partial charge on any atom is -0.444 e. The normalized spacial score (nSPS) is 15.7. The van der Waals surface area contributed by atoms with Crippen molar-refractivity contribution in [3.05, 3.63) is 41.1 Å². The molecule has 1 aromatic carbocycles. The Bertz CT molecular complexity index is 909. The van der Waals surface area contributed by atoms with E-state index in [0.29, 0.717) is 24.7 Å². The monoisotopic (exact) mass is 420 g/mol. The van der Waals surface area contributed by atoms with Crippen molar-refractivity contribution < 1.29 is 9.53 Å². The topological polar surface area (TPSA) is 125 Å². The number of hydrogen-bond acceptors (Lipinski definition) is 7. The van der Waals surface area contributed by atoms with E-state index in [1.165, 1.54) is 0 Å². The molecule has 1 fully saturated rings. The minimum absolute atomic E-state index is 0.0669. The number of nitrogens with zero attached hydrogens (tertiary/aromatic N) is 4. The lowest BCUT2D eigenvalue weighted by atomic mass is 9.98. The van der Waals surface area contributed by atoms with Crippen molar-refractivity contribution in [2.75, 3.05) is 25.0 Å². The molecule has 31 heavy (non-hydrogen) atoms. The largest absolute Gasteiger partial charge is 0.444 e. The van der Waals surface area contributed by atoms with E-state index in [-0.39, 0.29) is 17.4 Å². The number of carbonyl (C=O) groups excluding carboxylic acids is 1. The SMILES string of the molecule is CC(C)(C)OC(=O)N1CCCC(CNCc2ccc(NC(C#N)=C(C#N)C#N)cc2)C1. The van der Waals surface area contributed by atoms with Crippen LogP contribution < -0.4 is 10.6 Å². The molecular weight excluding hydrogens is 392 g/mol. The number of anilines is 1. The van der Waals surface area contributed by atoms with Gasteiger partial charge in [-0.3, -0.25) is 0 Å². The van der Waals surface area contributed by atoms with E-state index in [1.54, 1.807) is 29.2 Å². The predicted octanol–water partition coefficient (Wildman–Crippen LogP) is 3.66. The van der Waals surface area contributed by atoms with Gasteiger partial charge in [0.25, 0.3) is 0 Å². The number of hydrogen-bond donors (Lipinski definition) is 2. The molecule has 162 valence electrons. The Balaban J connectivity index is 1.83. The lowest BCUT2D eigenvalue weighted by molar-refractivity contribution is 0.0166. The molecule has 8 nitrogen and oxygen atoms in total. The number of piperidine rings is 1. The van der Waals surface area contributed by atoms with E-state index >= 15 is 0 Å². The highest BCUT2D eigenvalue weighted by Gasteiger charge is 2.27. The summed E-state index contributed by atoms with van der Waals surface area (Å²) in [7, 11) is 0. The molecule has 2 rings (SSSR count). The van der Waals surface area contributed by atoms with Gasteiger partial charge >= 0.3 is 6.09 Å². The van der Waals surface area contributed by atoms with Crippen LogP contribution in [0.4, 0.5) is 10.5 Å². The second kappa shape index (κ2) is 11.0. The molecule has 0 saturated carbocycles. The third-order valence-electron chi connectivity index (χ3n) is 4.74. The van der Waals surface area contributed by atoms with E-state index in [4.69, 9.17) is 20.5 Å². The number of benzene rings is 1. The second-order valence-electron chi connectivity index (χ2n) is 8.47. The molecule has 1 unspecified atom stereocenters. The van der Waals surface area contributed by atoms with Crippen molar-refractivity contribution in [3.63, 3.8) is 0 Å². The van der Waals surface area contributed by atoms with E-state index in [1.807, 2.05) is 39.0 Å². The van der Waals surface area contributed by atoms with Gasteiger partial charge in [-0.25, -0.2) is 4.79 Å². The summed E-state index contributed by atoms with van der Waals surface area (Å²) in [5, 5.41) is 33.1. The Morgan fingerprint density at radius 2 is 1.84 bits per heavy atom. The molecule has 0 spiro atoms. The van der Waals surface area contributed by atoms with Gasteiger partial charge < -0.3 is 20.3 Å². The highest BCUT2D eigenvalue weighted by atomic mass is 16.6. The number of carbonyl (C=O) groups is 1. The maximum absolute atomic E-state index is 12.3. The molecule has 8 heteroatoms. The van der Waals surface area contributed by atoms with Crippen LogP contribution in [0.25, 0.3) is 0 Å². The molecule has 0 radical (unpaired) electrons. The molecular formula is C23H28N6O2. The molecule has 1 aromatic rings. The first kappa shape index (κ1) is 23.7. The molecule has 0 aliphatic carbocycles. The van der Waals surface area contributed by atoms with Crippen LogP contribution >= 0.6 is 0 Å². The first-order chi connectivity index (χ1) is 14.8. The summed E-state index contributed by atoms with van der Waals surface area (Å²) in [5.41, 5.74) is 0.888. The van der Waals surface area contributed by atoms with Gasteiger partial charge in [0, 0.05) is 25.3 Å². The quantitative estimate of drug-likeness (QED) is 0.673. The number of nitrogens with one attached hydrogen (secondary N) is 2. The molecule has 1 aliphatic heterocycles. The average molecular weight is 421 g/mol. The number of allylic oxidation sites excluding steroid dienone is 2. The fourth-order valence-electron chi connectivity index (χ4n) is 3.28. The average Bonchev–Trinajstić information content (AvgIpc) is 2.74. The first-order valence-electron chi connectivity index (χ1n) is 10.2. The molecule has 1 saturated heterocycles. The first-order valence-corrected chi connectivity index (χ1v) is 10.2. The Hall–Kier alpha value is -3.54. The van der Waals surface area contributed by atoms with Crippen molar-refractivity contribution in [2.45, 2.75) is 45.8 Å². The van der Waals surface area contributed by atoms with Crippen LogP contribution in [0.15, 0.2) is 35.5 Å². The van der Waals surface area contributed by atoms with Crippen LogP contribution in [-0.2, 0) is 11.3 Å². The number of ether oxygens (including phenoxy) is 1. The number of likely N-dealkylation sites (tertiary alicyclic amines) is 1. The van der Waals surface area contributed by atoms with Crippen molar-refractivity contribution in [2.24, 2.45) is 5.92 Å². The van der Waals surface area contributed by atoms with Crippen LogP contribution in [0, 0.1) is 39.9 Å². The van der Waals surface area contributed by atoms with Gasteiger partial charge in [-0.1, -0.05) is 12.1 Å². The van der Waals surface area contributed by atoms with Gasteiger partial charge in [-0.05, 0) is 63.8 Å². The third kappa shape index (κ3) is 7.66. The lowest BCUT2D eigenvalue weighted by Gasteiger charge is -2.34. The van der Waals surface area contributed by atoms with Gasteiger partial charge in [-0.15, -0.1) is 0 Å². The molecule has 2 N–H and O–H groups in total. The van der Waals surface area contributed by atoms with Crippen molar-refractivity contribution in [3.8, 4) is 18.2 Å². The summed E-state index contributed by atoms with van der Waals surface area (Å²) in [6.07, 6.45) is 1.79. The van der Waals surface area contributed by atoms with Gasteiger partial charge in [0.2, 0.25) is 0 Å². The molecule has 1 atom stereocenters. The minimum atomic E-state index is -0.488. The number of amides is 1. The van der Waals surface area contributed by atoms with E-state index in [2.05, 4.69) is 10.6 Å². The van der Waals surface area contributed by atoms with Crippen LogP contribution in [0.1, 0.15) is 39.2 Å². The smallest absolute Gasteiger partial charge is 0.410 e. The Morgan fingerprint density at radius 1 is 1.16 bits per heavy atom. The zero-order chi connectivity index (χ0) is 22.9. The van der Waals surface area contributed by atoms with Gasteiger partial charge in [0.15, 0.2) is 5.57 Å². The Kier molecular flexibility index (Phi) is 8.43. The summed E-state index contributed by atoms with van der Waals surface area (Å²) < 4.78 is 5.48. The lowest BCUT2D eigenvalue weighted by Crippen LogP contribution is -2.44. The maximum atomic E-state index is 12.3. The molecule has 1 amide bonds. The standard InChI is InChI=1S/C23H28N6O2/c1-23(2,3)31-22(30)29-10-4-5-18(16-29)15-27-14-17-6-8-20(9-7-17)28-21(13-26)19(11-24)12-25/h6-9,18,27-28H,4-5,10,14-16H2,1-3H3. The van der Waals surface area contributed by atoms with Gasteiger partial charge in [0.1, 0.15) is 29.5 Å². The van der Waals surface area contributed by atoms with Crippen molar-refractivity contribution >= 4 is 11.8 Å². The fourth-order valence-corrected chi connectivity index (χ4v) is 3.28. The van der Waals surface area contributed by atoms with Crippen LogP contribution in [-0.4, -0.2) is 36.2 Å². The van der Waals surface area contributed by atoms with Crippen molar-refractivity contribution in [1.82, 2.24) is 10.2 Å². The maximum Gasteiger partial charge on any atom is 0.410 e. The summed E-state index contributed by atoms with van der Waals surface area (Å²) in [6, 6.07) is 12.7. The molecule has 0 aromatic heterocycles. The zero-order valence-electron chi connectivity index (χ0n) is 18.2. The zero-order valence-corrected chi connectivity index (χ0v) is 18.2. The summed E-state index contributed by atoms with van der Waals surface area (Å²) in [5.74, 6) is 0.376. The highest BCUT2D eigenvalue weighted by Crippen LogP contribution is 2.19.